The zero-order valence-corrected chi connectivity index (χ0v) is 17.7. The molecule has 0 saturated carbocycles. The molecule has 2 aromatic carbocycles. The summed E-state index contributed by atoms with van der Waals surface area (Å²) in [6, 6.07) is 11.5. The highest BCUT2D eigenvalue weighted by atomic mass is 35.5. The number of amides is 1. The van der Waals surface area contributed by atoms with E-state index in [1.54, 1.807) is 0 Å². The zero-order valence-electron chi connectivity index (χ0n) is 17.0. The number of halogens is 1. The van der Waals surface area contributed by atoms with Gasteiger partial charge in [0.2, 0.25) is 5.91 Å². The number of carbonyl (C=O) groups is 2. The number of hydrogen-bond acceptors (Lipinski definition) is 5. The fourth-order valence-electron chi connectivity index (χ4n) is 4.31. The van der Waals surface area contributed by atoms with E-state index in [0.717, 1.165) is 11.3 Å². The maximum atomic E-state index is 13.2. The molecule has 1 aliphatic heterocycles. The summed E-state index contributed by atoms with van der Waals surface area (Å²) >= 11 is 6.32. The predicted molar refractivity (Wildman–Crippen MR) is 116 cm³/mol. The molecular weight excluding hydrogens is 420 g/mol. The van der Waals surface area contributed by atoms with Gasteiger partial charge in [0.1, 0.15) is 5.75 Å². The molecule has 160 valence electrons. The van der Waals surface area contributed by atoms with Crippen LogP contribution in [0.1, 0.15) is 44.1 Å². The SMILES string of the molecule is CCOc1ccc(C2CC(=O)N(c3ccc([N+](=O)[O-])cc3Cl)C3=C2C(=O)CCC3)cc1. The second kappa shape index (κ2) is 8.51. The first-order chi connectivity index (χ1) is 14.9. The van der Waals surface area contributed by atoms with Gasteiger partial charge in [-0.2, -0.15) is 0 Å². The van der Waals surface area contributed by atoms with Crippen molar-refractivity contribution in [3.8, 4) is 5.75 Å². The number of nitro benzene ring substituents is 1. The second-order valence-electron chi connectivity index (χ2n) is 7.52. The Balaban J connectivity index is 1.79. The lowest BCUT2D eigenvalue weighted by Gasteiger charge is -2.38. The van der Waals surface area contributed by atoms with Crippen molar-refractivity contribution in [2.45, 2.75) is 38.5 Å². The third-order valence-corrected chi connectivity index (χ3v) is 5.95. The Hall–Kier alpha value is -3.19. The number of rotatable bonds is 5. The molecule has 0 spiro atoms. The number of hydrogen-bond donors (Lipinski definition) is 0. The maximum absolute atomic E-state index is 13.2. The molecule has 1 unspecified atom stereocenters. The van der Waals surface area contributed by atoms with Gasteiger partial charge in [0.15, 0.2) is 5.78 Å². The number of ketones is 1. The molecule has 2 aromatic rings. The molecule has 1 heterocycles. The summed E-state index contributed by atoms with van der Waals surface area (Å²) in [4.78, 5) is 38.2. The maximum Gasteiger partial charge on any atom is 0.271 e. The Bertz CT molecular complexity index is 1090. The number of Topliss-reactive ketones (excluding diaryl/α,β-unsaturated/α-hetero) is 1. The van der Waals surface area contributed by atoms with Gasteiger partial charge in [-0.3, -0.25) is 24.6 Å². The van der Waals surface area contributed by atoms with E-state index in [9.17, 15) is 19.7 Å². The van der Waals surface area contributed by atoms with E-state index in [2.05, 4.69) is 0 Å². The number of non-ortho nitro benzene ring substituents is 1. The molecule has 0 aromatic heterocycles. The highest BCUT2D eigenvalue weighted by molar-refractivity contribution is 6.34. The number of nitro groups is 1. The molecule has 0 fully saturated rings. The van der Waals surface area contributed by atoms with Crippen LogP contribution in [0.5, 0.6) is 5.75 Å². The quantitative estimate of drug-likeness (QED) is 0.472. The van der Waals surface area contributed by atoms with Gasteiger partial charge < -0.3 is 4.74 Å². The fraction of sp³-hybridized carbons (Fsp3) is 0.304. The van der Waals surface area contributed by atoms with Gasteiger partial charge in [-0.25, -0.2) is 0 Å². The van der Waals surface area contributed by atoms with Crippen LogP contribution < -0.4 is 9.64 Å². The summed E-state index contributed by atoms with van der Waals surface area (Å²) in [6.07, 6.45) is 1.75. The first kappa shape index (κ1) is 21.1. The minimum Gasteiger partial charge on any atom is -0.494 e. The zero-order chi connectivity index (χ0) is 22.1. The van der Waals surface area contributed by atoms with E-state index < -0.39 is 4.92 Å². The molecule has 4 rings (SSSR count). The molecule has 0 bridgehead atoms. The summed E-state index contributed by atoms with van der Waals surface area (Å²) in [6.45, 7) is 2.46. The summed E-state index contributed by atoms with van der Waals surface area (Å²) < 4.78 is 5.49. The third-order valence-electron chi connectivity index (χ3n) is 5.65. The van der Waals surface area contributed by atoms with Crippen molar-refractivity contribution in [1.29, 1.82) is 0 Å². The molecule has 0 saturated heterocycles. The van der Waals surface area contributed by atoms with Gasteiger partial charge in [-0.05, 0) is 43.5 Å². The number of carbonyl (C=O) groups excluding carboxylic acids is 2. The average Bonchev–Trinajstić information content (AvgIpc) is 2.74. The topological polar surface area (TPSA) is 89.8 Å². The van der Waals surface area contributed by atoms with Crippen LogP contribution >= 0.6 is 11.6 Å². The van der Waals surface area contributed by atoms with Crippen molar-refractivity contribution in [2.75, 3.05) is 11.5 Å². The molecule has 2 aliphatic rings. The number of ether oxygens (including phenoxy) is 1. The van der Waals surface area contributed by atoms with Crippen LogP contribution in [-0.4, -0.2) is 23.2 Å². The molecule has 1 aliphatic carbocycles. The monoisotopic (exact) mass is 440 g/mol. The van der Waals surface area contributed by atoms with Crippen molar-refractivity contribution >= 4 is 34.7 Å². The van der Waals surface area contributed by atoms with Gasteiger partial charge in [-0.15, -0.1) is 0 Å². The Morgan fingerprint density at radius 1 is 1.16 bits per heavy atom. The molecule has 0 N–H and O–H groups in total. The molecule has 7 nitrogen and oxygen atoms in total. The Kier molecular flexibility index (Phi) is 5.78. The van der Waals surface area contributed by atoms with Crippen molar-refractivity contribution in [1.82, 2.24) is 0 Å². The van der Waals surface area contributed by atoms with Crippen LogP contribution in [-0.2, 0) is 9.59 Å². The van der Waals surface area contributed by atoms with Gasteiger partial charge in [0, 0.05) is 42.2 Å². The van der Waals surface area contributed by atoms with Gasteiger partial charge in [0.05, 0.1) is 22.2 Å². The Morgan fingerprint density at radius 3 is 2.55 bits per heavy atom. The molecule has 31 heavy (non-hydrogen) atoms. The summed E-state index contributed by atoms with van der Waals surface area (Å²) in [5.41, 5.74) is 2.37. The first-order valence-corrected chi connectivity index (χ1v) is 10.5. The van der Waals surface area contributed by atoms with Crippen LogP contribution in [0.3, 0.4) is 0 Å². The highest BCUT2D eigenvalue weighted by Crippen LogP contribution is 2.45. The van der Waals surface area contributed by atoms with Crippen molar-refractivity contribution < 1.29 is 19.2 Å². The number of anilines is 1. The predicted octanol–water partition coefficient (Wildman–Crippen LogP) is 5.17. The number of allylic oxidation sites excluding steroid dienone is 2. The summed E-state index contributed by atoms with van der Waals surface area (Å²) in [7, 11) is 0. The van der Waals surface area contributed by atoms with Gasteiger partial charge in [-0.1, -0.05) is 23.7 Å². The number of benzene rings is 2. The second-order valence-corrected chi connectivity index (χ2v) is 7.93. The van der Waals surface area contributed by atoms with Crippen LogP contribution in [0.25, 0.3) is 0 Å². The highest BCUT2D eigenvalue weighted by Gasteiger charge is 2.40. The van der Waals surface area contributed by atoms with E-state index >= 15 is 0 Å². The van der Waals surface area contributed by atoms with Gasteiger partial charge in [0.25, 0.3) is 5.69 Å². The van der Waals surface area contributed by atoms with E-state index in [0.29, 0.717) is 42.8 Å². The van der Waals surface area contributed by atoms with Crippen LogP contribution in [0, 0.1) is 10.1 Å². The lowest BCUT2D eigenvalue weighted by atomic mass is 9.77. The lowest BCUT2D eigenvalue weighted by molar-refractivity contribution is -0.384. The average molecular weight is 441 g/mol. The van der Waals surface area contributed by atoms with E-state index in [1.807, 2.05) is 31.2 Å². The summed E-state index contributed by atoms with van der Waals surface area (Å²) in [5.74, 6) is 0.231. The minimum absolute atomic E-state index is 0.0238. The normalized spacial score (nSPS) is 18.8. The molecule has 0 radical (unpaired) electrons. The Morgan fingerprint density at radius 2 is 1.90 bits per heavy atom. The fourth-order valence-corrected chi connectivity index (χ4v) is 4.57. The van der Waals surface area contributed by atoms with E-state index in [-0.39, 0.29) is 34.7 Å². The van der Waals surface area contributed by atoms with Crippen molar-refractivity contribution in [3.63, 3.8) is 0 Å². The van der Waals surface area contributed by atoms with Crippen LogP contribution in [0.2, 0.25) is 5.02 Å². The first-order valence-electron chi connectivity index (χ1n) is 10.2. The summed E-state index contributed by atoms with van der Waals surface area (Å²) in [5, 5.41) is 11.1. The van der Waals surface area contributed by atoms with Crippen molar-refractivity contribution in [3.05, 3.63) is 74.4 Å². The third kappa shape index (κ3) is 3.93. The minimum atomic E-state index is -0.537. The lowest BCUT2D eigenvalue weighted by Crippen LogP contribution is -2.40. The van der Waals surface area contributed by atoms with Crippen molar-refractivity contribution in [2.24, 2.45) is 0 Å². The standard InChI is InChI=1S/C23H21ClN2O5/c1-2-31-16-9-6-14(7-10-16)17-13-22(28)25(20-4-3-5-21(27)23(17)20)19-11-8-15(26(29)30)12-18(19)24/h6-12,17H,2-5,13H2,1H3. The molecule has 1 amide bonds. The molecule has 8 heteroatoms. The van der Waals surface area contributed by atoms with E-state index in [4.69, 9.17) is 16.3 Å². The Labute approximate surface area is 184 Å². The van der Waals surface area contributed by atoms with E-state index in [1.165, 1.54) is 23.1 Å². The van der Waals surface area contributed by atoms with Gasteiger partial charge >= 0.3 is 0 Å². The van der Waals surface area contributed by atoms with Crippen LogP contribution in [0.15, 0.2) is 53.7 Å². The largest absolute Gasteiger partial charge is 0.494 e. The number of nitrogens with zero attached hydrogens (tertiary/aromatic N) is 2. The van der Waals surface area contributed by atoms with Crippen LogP contribution in [0.4, 0.5) is 11.4 Å². The molecular formula is C23H21ClN2O5. The molecule has 1 atom stereocenters. The smallest absolute Gasteiger partial charge is 0.271 e.